The number of fused-ring (bicyclic) bond motifs is 2. The Balaban J connectivity index is 1.93. The Hall–Kier alpha value is -2.91. The lowest BCUT2D eigenvalue weighted by molar-refractivity contribution is -0.128. The molecule has 0 amide bonds. The number of aromatic nitrogens is 2. The van der Waals surface area contributed by atoms with Gasteiger partial charge in [-0.3, -0.25) is 9.59 Å². The van der Waals surface area contributed by atoms with E-state index in [1.807, 2.05) is 32.0 Å². The smallest absolute Gasteiger partial charge is 0.274 e. The quantitative estimate of drug-likeness (QED) is 0.591. The van der Waals surface area contributed by atoms with Gasteiger partial charge in [0.05, 0.1) is 5.75 Å². The van der Waals surface area contributed by atoms with Gasteiger partial charge in [-0.1, -0.05) is 19.9 Å². The monoisotopic (exact) mass is 457 g/mol. The zero-order chi connectivity index (χ0) is 23.2. The minimum atomic E-state index is -3.38. The van der Waals surface area contributed by atoms with Gasteiger partial charge in [0, 0.05) is 54.5 Å². The summed E-state index contributed by atoms with van der Waals surface area (Å²) in [6.45, 7) is 5.56. The Morgan fingerprint density at radius 3 is 2.69 bits per heavy atom. The molecule has 0 bridgehead atoms. The highest BCUT2D eigenvalue weighted by atomic mass is 32.2. The first-order chi connectivity index (χ1) is 15.1. The number of aromatic amines is 1. The van der Waals surface area contributed by atoms with E-state index in [0.29, 0.717) is 22.4 Å². The maximum Gasteiger partial charge on any atom is 0.274 e. The molecule has 32 heavy (non-hydrogen) atoms. The zero-order valence-electron chi connectivity index (χ0n) is 18.6. The van der Waals surface area contributed by atoms with E-state index in [4.69, 9.17) is 4.74 Å². The van der Waals surface area contributed by atoms with Crippen LogP contribution in [0.25, 0.3) is 22.0 Å². The minimum absolute atomic E-state index is 0.00279. The average molecular weight is 458 g/mol. The number of hydrogen-bond donors (Lipinski definition) is 2. The largest absolute Gasteiger partial charge is 0.481 e. The zero-order valence-corrected chi connectivity index (χ0v) is 19.4. The van der Waals surface area contributed by atoms with Crippen molar-refractivity contribution in [1.29, 1.82) is 0 Å². The summed E-state index contributed by atoms with van der Waals surface area (Å²) < 4.78 is 34.3. The molecular formula is C23H27N3O5S. The summed E-state index contributed by atoms with van der Waals surface area (Å²) in [6, 6.07) is 5.52. The number of nitrogens with zero attached hydrogens (tertiary/aromatic N) is 1. The van der Waals surface area contributed by atoms with E-state index in [0.717, 1.165) is 16.5 Å². The van der Waals surface area contributed by atoms with Gasteiger partial charge in [0.15, 0.2) is 11.9 Å². The summed E-state index contributed by atoms with van der Waals surface area (Å²) in [5, 5.41) is 0.739. The first kappa shape index (κ1) is 22.3. The van der Waals surface area contributed by atoms with Gasteiger partial charge in [-0.25, -0.2) is 13.1 Å². The molecule has 170 valence electrons. The Morgan fingerprint density at radius 1 is 1.25 bits per heavy atom. The molecular weight excluding hydrogens is 430 g/mol. The number of H-pyrrole nitrogens is 1. The van der Waals surface area contributed by atoms with E-state index in [9.17, 15) is 18.0 Å². The Bertz CT molecular complexity index is 1370. The maximum atomic E-state index is 12.7. The highest BCUT2D eigenvalue weighted by Gasteiger charge is 2.33. The molecule has 0 fully saturated rings. The summed E-state index contributed by atoms with van der Waals surface area (Å²) in [7, 11) is -1.70. The summed E-state index contributed by atoms with van der Waals surface area (Å²) in [5.41, 5.74) is 3.26. The third-order valence-corrected chi connectivity index (χ3v) is 7.16. The third kappa shape index (κ3) is 3.98. The lowest BCUT2D eigenvalue weighted by atomic mass is 9.89. The molecule has 9 heteroatoms. The number of nitrogens with one attached hydrogen (secondary N) is 2. The number of Topliss-reactive ketones (excluding diaryl/α,β-unsaturated/α-hetero) is 1. The van der Waals surface area contributed by atoms with Crippen LogP contribution in [0.3, 0.4) is 0 Å². The van der Waals surface area contributed by atoms with Crippen molar-refractivity contribution < 1.29 is 17.9 Å². The third-order valence-electron chi connectivity index (χ3n) is 5.82. The molecule has 1 atom stereocenters. The molecule has 0 aliphatic carbocycles. The molecule has 0 spiro atoms. The van der Waals surface area contributed by atoms with Crippen molar-refractivity contribution in [3.05, 3.63) is 52.1 Å². The van der Waals surface area contributed by atoms with Crippen LogP contribution in [0.4, 0.5) is 0 Å². The number of sulfonamides is 1. The highest BCUT2D eigenvalue weighted by molar-refractivity contribution is 7.89. The maximum absolute atomic E-state index is 12.7. The fourth-order valence-corrected chi connectivity index (χ4v) is 4.69. The number of pyridine rings is 1. The number of carbonyl (C=O) groups is 1. The Morgan fingerprint density at radius 2 is 2.00 bits per heavy atom. The first-order valence-electron chi connectivity index (χ1n) is 10.6. The van der Waals surface area contributed by atoms with Crippen LogP contribution >= 0.6 is 0 Å². The second-order valence-electron chi connectivity index (χ2n) is 8.51. The van der Waals surface area contributed by atoms with E-state index < -0.39 is 16.1 Å². The minimum Gasteiger partial charge on any atom is -0.481 e. The molecule has 1 unspecified atom stereocenters. The van der Waals surface area contributed by atoms with Gasteiger partial charge in [0.1, 0.15) is 11.3 Å². The van der Waals surface area contributed by atoms with Gasteiger partial charge >= 0.3 is 0 Å². The van der Waals surface area contributed by atoms with Gasteiger partial charge < -0.3 is 14.3 Å². The molecule has 3 aromatic rings. The van der Waals surface area contributed by atoms with Crippen LogP contribution in [0, 0.1) is 5.92 Å². The molecule has 3 heterocycles. The van der Waals surface area contributed by atoms with Crippen LogP contribution in [0.15, 0.2) is 35.4 Å². The molecule has 1 aliphatic heterocycles. The number of rotatable bonds is 6. The van der Waals surface area contributed by atoms with Crippen molar-refractivity contribution in [2.75, 3.05) is 5.75 Å². The van der Waals surface area contributed by atoms with E-state index in [2.05, 4.69) is 9.71 Å². The number of benzene rings is 1. The standard InChI is InChI=1S/C23H27N3O5S/c1-5-32(29,30)25-11-14-8-15-10-19(27)21(13(2)3)31-22(15)17(9-14)18-12-26(4)23(28)20-16(18)6-7-24-20/h6-9,12-13,21,24-25H,5,10-11H2,1-4H3. The summed E-state index contributed by atoms with van der Waals surface area (Å²) in [6.07, 6.45) is 3.11. The van der Waals surface area contributed by atoms with E-state index in [1.54, 1.807) is 26.4 Å². The van der Waals surface area contributed by atoms with Crippen molar-refractivity contribution in [3.63, 3.8) is 0 Å². The normalized spacial score (nSPS) is 16.4. The topological polar surface area (TPSA) is 110 Å². The second kappa shape index (κ2) is 8.22. The molecule has 1 aromatic carbocycles. The van der Waals surface area contributed by atoms with Crippen LogP contribution in [0.2, 0.25) is 0 Å². The van der Waals surface area contributed by atoms with Gasteiger partial charge in [-0.2, -0.15) is 0 Å². The Labute approximate surface area is 186 Å². The molecule has 4 rings (SSSR count). The second-order valence-corrected chi connectivity index (χ2v) is 10.6. The van der Waals surface area contributed by atoms with Crippen molar-refractivity contribution in [2.45, 2.75) is 39.8 Å². The predicted octanol–water partition coefficient (Wildman–Crippen LogP) is 2.50. The van der Waals surface area contributed by atoms with Crippen molar-refractivity contribution in [3.8, 4) is 16.9 Å². The average Bonchev–Trinajstić information content (AvgIpc) is 3.24. The fourth-order valence-electron chi connectivity index (χ4n) is 4.10. The van der Waals surface area contributed by atoms with E-state index >= 15 is 0 Å². The number of carbonyl (C=O) groups excluding carboxylic acids is 1. The SMILES string of the molecule is CCS(=O)(=O)NCc1cc2c(c(-c3cn(C)c(=O)c4[nH]ccc34)c1)OC(C(C)C)C(=O)C2. The number of aryl methyl sites for hydroxylation is 1. The van der Waals surface area contributed by atoms with Crippen LogP contribution in [0.5, 0.6) is 5.75 Å². The molecule has 0 radical (unpaired) electrons. The van der Waals surface area contributed by atoms with E-state index in [1.165, 1.54) is 4.57 Å². The number of hydrogen-bond acceptors (Lipinski definition) is 5. The molecule has 8 nitrogen and oxygen atoms in total. The van der Waals surface area contributed by atoms with Crippen LogP contribution in [-0.2, 0) is 34.8 Å². The van der Waals surface area contributed by atoms with Crippen molar-refractivity contribution in [1.82, 2.24) is 14.3 Å². The molecule has 2 N–H and O–H groups in total. The lowest BCUT2D eigenvalue weighted by Crippen LogP contribution is -2.37. The summed E-state index contributed by atoms with van der Waals surface area (Å²) >= 11 is 0. The first-order valence-corrected chi connectivity index (χ1v) is 12.3. The summed E-state index contributed by atoms with van der Waals surface area (Å²) in [5.74, 6) is 0.586. The number of ketones is 1. The van der Waals surface area contributed by atoms with Crippen molar-refractivity contribution in [2.24, 2.45) is 13.0 Å². The predicted molar refractivity (Wildman–Crippen MR) is 123 cm³/mol. The summed E-state index contributed by atoms with van der Waals surface area (Å²) in [4.78, 5) is 28.2. The van der Waals surface area contributed by atoms with Gasteiger partial charge in [0.25, 0.3) is 5.56 Å². The molecule has 2 aromatic heterocycles. The van der Waals surface area contributed by atoms with Gasteiger partial charge in [-0.05, 0) is 30.5 Å². The molecule has 1 aliphatic rings. The van der Waals surface area contributed by atoms with Crippen molar-refractivity contribution >= 4 is 26.7 Å². The van der Waals surface area contributed by atoms with Crippen LogP contribution in [0.1, 0.15) is 31.9 Å². The Kier molecular flexibility index (Phi) is 5.72. The van der Waals surface area contributed by atoms with E-state index in [-0.39, 0.29) is 36.0 Å². The molecule has 0 saturated carbocycles. The van der Waals surface area contributed by atoms with Gasteiger partial charge in [0.2, 0.25) is 10.0 Å². The molecule has 0 saturated heterocycles. The van der Waals surface area contributed by atoms with Crippen LogP contribution in [-0.4, -0.2) is 35.6 Å². The van der Waals surface area contributed by atoms with Crippen LogP contribution < -0.4 is 15.0 Å². The fraction of sp³-hybridized carbons (Fsp3) is 0.391. The lowest BCUT2D eigenvalue weighted by Gasteiger charge is -2.30. The number of ether oxygens (including phenoxy) is 1. The van der Waals surface area contributed by atoms with Gasteiger partial charge in [-0.15, -0.1) is 0 Å². The highest BCUT2D eigenvalue weighted by Crippen LogP contribution is 2.41.